The maximum atomic E-state index is 4.92. The molecular formula is C47H33N3. The van der Waals surface area contributed by atoms with Crippen LogP contribution in [-0.4, -0.2) is 11.0 Å². The molecule has 0 saturated heterocycles. The van der Waals surface area contributed by atoms with Gasteiger partial charge in [0.1, 0.15) is 5.82 Å². The Hall–Kier alpha value is -6.45. The van der Waals surface area contributed by atoms with Crippen molar-refractivity contribution in [2.75, 3.05) is 9.80 Å². The Morgan fingerprint density at radius 3 is 2.24 bits per heavy atom. The number of hydrogen-bond acceptors (Lipinski definition) is 3. The zero-order chi connectivity index (χ0) is 33.0. The van der Waals surface area contributed by atoms with Crippen LogP contribution in [0.5, 0.6) is 0 Å². The molecule has 3 nitrogen and oxygen atoms in total. The van der Waals surface area contributed by atoms with Crippen molar-refractivity contribution in [3.8, 4) is 0 Å². The first-order chi connectivity index (χ1) is 24.8. The van der Waals surface area contributed by atoms with Gasteiger partial charge in [-0.25, -0.2) is 4.98 Å². The van der Waals surface area contributed by atoms with Crippen molar-refractivity contribution in [2.45, 2.75) is 12.5 Å². The molecule has 0 aliphatic heterocycles. The average molecular weight is 640 g/mol. The number of anilines is 5. The van der Waals surface area contributed by atoms with Gasteiger partial charge in [0.2, 0.25) is 0 Å². The van der Waals surface area contributed by atoms with Crippen LogP contribution in [0.1, 0.15) is 16.7 Å². The van der Waals surface area contributed by atoms with Crippen LogP contribution in [0.15, 0.2) is 176 Å². The maximum Gasteiger partial charge on any atom is 0.133 e. The maximum absolute atomic E-state index is 4.92. The highest BCUT2D eigenvalue weighted by Crippen LogP contribution is 2.49. The van der Waals surface area contributed by atoms with Gasteiger partial charge in [-0.3, -0.25) is 0 Å². The molecule has 236 valence electrons. The predicted molar refractivity (Wildman–Crippen MR) is 211 cm³/mol. The second kappa shape index (κ2) is 11.6. The summed E-state index contributed by atoms with van der Waals surface area (Å²) >= 11 is 0. The molecule has 8 aromatic rings. The van der Waals surface area contributed by atoms with Crippen LogP contribution in [0, 0.1) is 0 Å². The summed E-state index contributed by atoms with van der Waals surface area (Å²) in [6.07, 6.45) is 9.90. The normalized spacial score (nSPS) is 14.6. The third-order valence-corrected chi connectivity index (χ3v) is 10.3. The van der Waals surface area contributed by atoms with Gasteiger partial charge in [-0.2, -0.15) is 0 Å². The van der Waals surface area contributed by atoms with E-state index in [0.717, 1.165) is 29.3 Å². The van der Waals surface area contributed by atoms with Gasteiger partial charge < -0.3 is 9.80 Å². The van der Waals surface area contributed by atoms with E-state index < -0.39 is 0 Å². The highest BCUT2D eigenvalue weighted by molar-refractivity contribution is 6.11. The summed E-state index contributed by atoms with van der Waals surface area (Å²) in [6, 6.07) is 56.9. The SMILES string of the molecule is C1=CC(N(c2ccccn2)c2cccc3ccccc23)C2=CCc3ccc(N(c4ccccc4)c4ccc5ccccc5c4)c4ccc1c2c34. The predicted octanol–water partition coefficient (Wildman–Crippen LogP) is 12.2. The van der Waals surface area contributed by atoms with E-state index in [9.17, 15) is 0 Å². The number of rotatable bonds is 6. The number of aromatic nitrogens is 1. The second-order valence-corrected chi connectivity index (χ2v) is 13.1. The monoisotopic (exact) mass is 639 g/mol. The van der Waals surface area contributed by atoms with Gasteiger partial charge in [0.15, 0.2) is 0 Å². The fourth-order valence-corrected chi connectivity index (χ4v) is 8.10. The molecule has 1 atom stereocenters. The molecule has 2 aliphatic rings. The highest BCUT2D eigenvalue weighted by Gasteiger charge is 2.32. The van der Waals surface area contributed by atoms with Gasteiger partial charge >= 0.3 is 0 Å². The van der Waals surface area contributed by atoms with Crippen molar-refractivity contribution in [1.82, 2.24) is 4.98 Å². The van der Waals surface area contributed by atoms with Gasteiger partial charge in [-0.1, -0.05) is 127 Å². The van der Waals surface area contributed by atoms with E-state index in [0.29, 0.717) is 0 Å². The lowest BCUT2D eigenvalue weighted by Gasteiger charge is -2.38. The quantitative estimate of drug-likeness (QED) is 0.180. The van der Waals surface area contributed by atoms with Crippen molar-refractivity contribution in [3.63, 3.8) is 0 Å². The van der Waals surface area contributed by atoms with E-state index in [4.69, 9.17) is 4.98 Å². The van der Waals surface area contributed by atoms with E-state index in [2.05, 4.69) is 180 Å². The number of nitrogens with zero attached hydrogens (tertiary/aromatic N) is 3. The summed E-state index contributed by atoms with van der Waals surface area (Å²) in [4.78, 5) is 9.77. The van der Waals surface area contributed by atoms with Crippen molar-refractivity contribution >= 4 is 72.5 Å². The molecule has 0 saturated carbocycles. The fraction of sp³-hybridized carbons (Fsp3) is 0.0426. The summed E-state index contributed by atoms with van der Waals surface area (Å²) in [5.41, 5.74) is 9.88. The molecule has 3 heteroatoms. The summed E-state index contributed by atoms with van der Waals surface area (Å²) in [6.45, 7) is 0. The van der Waals surface area contributed by atoms with Crippen LogP contribution >= 0.6 is 0 Å². The van der Waals surface area contributed by atoms with E-state index >= 15 is 0 Å². The van der Waals surface area contributed by atoms with Crippen LogP contribution in [0.3, 0.4) is 0 Å². The molecule has 0 spiro atoms. The van der Waals surface area contributed by atoms with E-state index in [1.165, 1.54) is 60.3 Å². The Morgan fingerprint density at radius 2 is 1.36 bits per heavy atom. The molecule has 7 aromatic carbocycles. The second-order valence-electron chi connectivity index (χ2n) is 13.1. The molecule has 2 aliphatic carbocycles. The number of hydrogen-bond donors (Lipinski definition) is 0. The average Bonchev–Trinajstić information content (AvgIpc) is 3.19. The first-order valence-corrected chi connectivity index (χ1v) is 17.3. The fourth-order valence-electron chi connectivity index (χ4n) is 8.10. The van der Waals surface area contributed by atoms with Crippen LogP contribution in [0.2, 0.25) is 0 Å². The summed E-state index contributed by atoms with van der Waals surface area (Å²) in [5, 5.41) is 7.50. The molecular weight excluding hydrogens is 607 g/mol. The number of allylic oxidation sites excluding steroid dienone is 1. The molecule has 1 unspecified atom stereocenters. The van der Waals surface area contributed by atoms with E-state index in [1.807, 2.05) is 12.3 Å². The third kappa shape index (κ3) is 4.55. The first-order valence-electron chi connectivity index (χ1n) is 17.3. The lowest BCUT2D eigenvalue weighted by molar-refractivity contribution is 0.930. The van der Waals surface area contributed by atoms with Crippen LogP contribution in [-0.2, 0) is 6.42 Å². The Kier molecular flexibility index (Phi) is 6.63. The Balaban J connectivity index is 1.18. The van der Waals surface area contributed by atoms with E-state index in [-0.39, 0.29) is 6.04 Å². The summed E-state index contributed by atoms with van der Waals surface area (Å²) < 4.78 is 0. The molecule has 0 N–H and O–H groups in total. The number of fused-ring (bicyclic) bond motifs is 2. The molecule has 0 bridgehead atoms. The summed E-state index contributed by atoms with van der Waals surface area (Å²) in [7, 11) is 0. The number of pyridine rings is 1. The largest absolute Gasteiger partial charge is 0.315 e. The first kappa shape index (κ1) is 28.6. The van der Waals surface area contributed by atoms with Gasteiger partial charge in [-0.15, -0.1) is 0 Å². The number of benzene rings is 7. The molecule has 1 heterocycles. The smallest absolute Gasteiger partial charge is 0.133 e. The van der Waals surface area contributed by atoms with Gasteiger partial charge in [0.25, 0.3) is 0 Å². The topological polar surface area (TPSA) is 19.4 Å². The molecule has 0 amide bonds. The lowest BCUT2D eigenvalue weighted by Crippen LogP contribution is -2.33. The van der Waals surface area contributed by atoms with Crippen molar-refractivity contribution in [2.24, 2.45) is 0 Å². The number of para-hydroxylation sites is 1. The highest BCUT2D eigenvalue weighted by atomic mass is 15.2. The zero-order valence-electron chi connectivity index (χ0n) is 27.4. The van der Waals surface area contributed by atoms with Crippen molar-refractivity contribution < 1.29 is 0 Å². The summed E-state index contributed by atoms with van der Waals surface area (Å²) in [5.74, 6) is 0.932. The Bertz CT molecular complexity index is 2630. The molecule has 1 aromatic heterocycles. The lowest BCUT2D eigenvalue weighted by atomic mass is 9.78. The molecule has 10 rings (SSSR count). The van der Waals surface area contributed by atoms with Gasteiger partial charge in [0, 0.05) is 28.3 Å². The Morgan fingerprint density at radius 1 is 0.560 bits per heavy atom. The minimum absolute atomic E-state index is 0.0312. The van der Waals surface area contributed by atoms with Gasteiger partial charge in [-0.05, 0) is 98.8 Å². The third-order valence-electron chi connectivity index (χ3n) is 10.3. The standard InChI is InChI=1S/C47H33N3/c1-2-15-37(16-3-1)49(38-25-20-32-11-4-5-13-36(32)31-38)43-28-23-34-22-27-41-44(29-24-35-21-26-40(43)46(34)47(35)41)50(45-19-8-9-30-48-45)42-18-10-14-33-12-6-7-17-39(33)42/h1-21,23-31,44H,22H2. The van der Waals surface area contributed by atoms with Crippen LogP contribution in [0.25, 0.3) is 44.0 Å². The van der Waals surface area contributed by atoms with Crippen LogP contribution < -0.4 is 9.80 Å². The minimum Gasteiger partial charge on any atom is -0.315 e. The molecule has 0 fully saturated rings. The van der Waals surface area contributed by atoms with Crippen molar-refractivity contribution in [1.29, 1.82) is 0 Å². The van der Waals surface area contributed by atoms with E-state index in [1.54, 1.807) is 0 Å². The van der Waals surface area contributed by atoms with Crippen molar-refractivity contribution in [3.05, 3.63) is 193 Å². The molecule has 50 heavy (non-hydrogen) atoms. The van der Waals surface area contributed by atoms with Gasteiger partial charge in [0.05, 0.1) is 17.4 Å². The zero-order valence-corrected chi connectivity index (χ0v) is 27.4. The minimum atomic E-state index is -0.0312. The van der Waals surface area contributed by atoms with Crippen LogP contribution in [0.4, 0.5) is 28.6 Å². The Labute approximate surface area is 291 Å². The molecule has 0 radical (unpaired) electrons.